The summed E-state index contributed by atoms with van der Waals surface area (Å²) in [4.78, 5) is 10.2. The number of nitrogens with two attached hydrogens (primary N) is 1. The van der Waals surface area contributed by atoms with Crippen molar-refractivity contribution in [3.05, 3.63) is 38.9 Å². The average molecular weight is 279 g/mol. The first-order chi connectivity index (χ1) is 7.23. The lowest BCUT2D eigenvalue weighted by Gasteiger charge is -2.27. The van der Waals surface area contributed by atoms with Gasteiger partial charge in [0.1, 0.15) is 0 Å². The predicted molar refractivity (Wildman–Crippen MR) is 71.7 cm³/mol. The number of nitro groups is 1. The molecule has 0 saturated heterocycles. The molecule has 17 heavy (non-hydrogen) atoms. The maximum atomic E-state index is 10.7. The highest BCUT2D eigenvalue weighted by Crippen LogP contribution is 2.35. The molecule has 0 amide bonds. The first kappa shape index (κ1) is 16.2. The van der Waals surface area contributed by atoms with Crippen molar-refractivity contribution >= 4 is 29.7 Å². The minimum Gasteiger partial charge on any atom is -0.323 e. The van der Waals surface area contributed by atoms with E-state index in [0.717, 1.165) is 0 Å². The van der Waals surface area contributed by atoms with E-state index in [9.17, 15) is 10.1 Å². The van der Waals surface area contributed by atoms with E-state index in [1.54, 1.807) is 0 Å². The van der Waals surface area contributed by atoms with Crippen molar-refractivity contribution in [1.82, 2.24) is 0 Å². The molecule has 0 spiro atoms. The lowest BCUT2D eigenvalue weighted by Crippen LogP contribution is -2.26. The molecule has 1 rings (SSSR count). The van der Waals surface area contributed by atoms with Crippen LogP contribution in [-0.4, -0.2) is 4.92 Å². The molecule has 0 radical (unpaired) electrons. The van der Waals surface area contributed by atoms with Gasteiger partial charge in [0.2, 0.25) is 0 Å². The molecule has 0 aliphatic carbocycles. The third-order valence-electron chi connectivity index (χ3n) is 2.46. The quantitative estimate of drug-likeness (QED) is 0.662. The molecule has 0 bridgehead atoms. The normalized spacial score (nSPS) is 12.8. The zero-order chi connectivity index (χ0) is 12.5. The van der Waals surface area contributed by atoms with Gasteiger partial charge in [-0.15, -0.1) is 12.4 Å². The van der Waals surface area contributed by atoms with Gasteiger partial charge in [0.25, 0.3) is 5.69 Å². The number of halogens is 2. The molecule has 1 aromatic rings. The molecule has 0 unspecified atom stereocenters. The van der Waals surface area contributed by atoms with Gasteiger partial charge in [0.05, 0.1) is 4.92 Å². The van der Waals surface area contributed by atoms with E-state index in [1.807, 2.05) is 20.8 Å². The van der Waals surface area contributed by atoms with Crippen LogP contribution in [0.25, 0.3) is 0 Å². The molecule has 1 aromatic carbocycles. The Bertz CT molecular complexity index is 416. The molecule has 4 nitrogen and oxygen atoms in total. The molecule has 0 fully saturated rings. The fourth-order valence-corrected chi connectivity index (χ4v) is 1.58. The molecule has 0 aliphatic heterocycles. The van der Waals surface area contributed by atoms with Crippen molar-refractivity contribution in [2.45, 2.75) is 26.8 Å². The van der Waals surface area contributed by atoms with Crippen LogP contribution in [0, 0.1) is 15.5 Å². The standard InChI is InChI=1S/C11H15ClN2O2.ClH/c1-11(2,3)10(13)8-6-7(14(15)16)4-5-9(8)12;/h4-6,10H,13H2,1-3H3;1H/t10-;/m1./s1. The molecule has 0 heterocycles. The van der Waals surface area contributed by atoms with Gasteiger partial charge in [-0.05, 0) is 17.0 Å². The second-order valence-corrected chi connectivity index (χ2v) is 5.21. The highest BCUT2D eigenvalue weighted by atomic mass is 35.5. The summed E-state index contributed by atoms with van der Waals surface area (Å²) in [6.45, 7) is 5.90. The number of benzene rings is 1. The van der Waals surface area contributed by atoms with Crippen LogP contribution < -0.4 is 5.73 Å². The van der Waals surface area contributed by atoms with Gasteiger partial charge < -0.3 is 5.73 Å². The Morgan fingerprint density at radius 1 is 1.41 bits per heavy atom. The highest BCUT2D eigenvalue weighted by molar-refractivity contribution is 6.31. The van der Waals surface area contributed by atoms with Crippen molar-refractivity contribution in [3.8, 4) is 0 Å². The minimum atomic E-state index is -0.449. The maximum Gasteiger partial charge on any atom is 0.269 e. The summed E-state index contributed by atoms with van der Waals surface area (Å²) in [5.74, 6) is 0. The molecule has 0 aliphatic rings. The van der Waals surface area contributed by atoms with Crippen LogP contribution in [-0.2, 0) is 0 Å². The molecule has 6 heteroatoms. The summed E-state index contributed by atoms with van der Waals surface area (Å²) in [5.41, 5.74) is 6.47. The smallest absolute Gasteiger partial charge is 0.269 e. The molecule has 1 atom stereocenters. The molecule has 96 valence electrons. The predicted octanol–water partition coefficient (Wildman–Crippen LogP) is 3.72. The van der Waals surface area contributed by atoms with Crippen LogP contribution in [0.5, 0.6) is 0 Å². The minimum absolute atomic E-state index is 0. The molecule has 0 saturated carbocycles. The number of hydrogen-bond acceptors (Lipinski definition) is 3. The fourth-order valence-electron chi connectivity index (χ4n) is 1.35. The largest absolute Gasteiger partial charge is 0.323 e. The van der Waals surface area contributed by atoms with Gasteiger partial charge in [-0.3, -0.25) is 10.1 Å². The number of non-ortho nitro benzene ring substituents is 1. The van der Waals surface area contributed by atoms with Crippen molar-refractivity contribution in [2.75, 3.05) is 0 Å². The van der Waals surface area contributed by atoms with E-state index < -0.39 is 4.92 Å². The Balaban J connectivity index is 0.00000256. The van der Waals surface area contributed by atoms with E-state index >= 15 is 0 Å². The van der Waals surface area contributed by atoms with Crippen LogP contribution in [0.15, 0.2) is 18.2 Å². The van der Waals surface area contributed by atoms with E-state index in [4.69, 9.17) is 17.3 Å². The molecule has 2 N–H and O–H groups in total. The van der Waals surface area contributed by atoms with Gasteiger partial charge in [0.15, 0.2) is 0 Å². The van der Waals surface area contributed by atoms with Gasteiger partial charge in [-0.2, -0.15) is 0 Å². The van der Waals surface area contributed by atoms with Crippen LogP contribution in [0.3, 0.4) is 0 Å². The van der Waals surface area contributed by atoms with Gasteiger partial charge in [-0.1, -0.05) is 32.4 Å². The Hall–Kier alpha value is -0.840. The summed E-state index contributed by atoms with van der Waals surface area (Å²) in [7, 11) is 0. The van der Waals surface area contributed by atoms with Gasteiger partial charge in [0, 0.05) is 23.2 Å². The second-order valence-electron chi connectivity index (χ2n) is 4.81. The Kier molecular flexibility index (Phi) is 5.39. The monoisotopic (exact) mass is 278 g/mol. The van der Waals surface area contributed by atoms with Crippen molar-refractivity contribution < 1.29 is 4.92 Å². The van der Waals surface area contributed by atoms with Crippen molar-refractivity contribution in [1.29, 1.82) is 0 Å². The summed E-state index contributed by atoms with van der Waals surface area (Å²) in [6.07, 6.45) is 0. The number of nitrogens with zero attached hydrogens (tertiary/aromatic N) is 1. The Morgan fingerprint density at radius 2 is 1.94 bits per heavy atom. The topological polar surface area (TPSA) is 69.2 Å². The number of hydrogen-bond donors (Lipinski definition) is 1. The highest BCUT2D eigenvalue weighted by Gasteiger charge is 2.25. The van der Waals surface area contributed by atoms with Crippen molar-refractivity contribution in [3.63, 3.8) is 0 Å². The molecular formula is C11H16Cl2N2O2. The van der Waals surface area contributed by atoms with E-state index in [-0.39, 0.29) is 29.6 Å². The second kappa shape index (κ2) is 5.67. The molecular weight excluding hydrogens is 263 g/mol. The van der Waals surface area contributed by atoms with E-state index in [2.05, 4.69) is 0 Å². The average Bonchev–Trinajstić information content (AvgIpc) is 2.15. The SMILES string of the molecule is CC(C)(C)[C@H](N)c1cc([N+](=O)[O-])ccc1Cl.Cl. The van der Waals surface area contributed by atoms with Gasteiger partial charge in [-0.25, -0.2) is 0 Å². The van der Waals surface area contributed by atoms with Crippen LogP contribution in [0.4, 0.5) is 5.69 Å². The zero-order valence-electron chi connectivity index (χ0n) is 9.94. The first-order valence-corrected chi connectivity index (χ1v) is 5.30. The van der Waals surface area contributed by atoms with Crippen LogP contribution in [0.1, 0.15) is 32.4 Å². The van der Waals surface area contributed by atoms with E-state index in [1.165, 1.54) is 18.2 Å². The van der Waals surface area contributed by atoms with Gasteiger partial charge >= 0.3 is 0 Å². The zero-order valence-corrected chi connectivity index (χ0v) is 11.5. The third kappa shape index (κ3) is 3.84. The van der Waals surface area contributed by atoms with Crippen molar-refractivity contribution in [2.24, 2.45) is 11.1 Å². The summed E-state index contributed by atoms with van der Waals surface area (Å²) in [6, 6.07) is 4.00. The lowest BCUT2D eigenvalue weighted by atomic mass is 9.83. The van der Waals surface area contributed by atoms with Crippen LogP contribution >= 0.6 is 24.0 Å². The van der Waals surface area contributed by atoms with Crippen LogP contribution in [0.2, 0.25) is 5.02 Å². The maximum absolute atomic E-state index is 10.7. The summed E-state index contributed by atoms with van der Waals surface area (Å²) in [5, 5.41) is 11.1. The summed E-state index contributed by atoms with van der Waals surface area (Å²) >= 11 is 6.00. The first-order valence-electron chi connectivity index (χ1n) is 4.93. The molecule has 0 aromatic heterocycles. The third-order valence-corrected chi connectivity index (χ3v) is 2.80. The fraction of sp³-hybridized carbons (Fsp3) is 0.455. The number of rotatable bonds is 2. The van der Waals surface area contributed by atoms with E-state index in [0.29, 0.717) is 10.6 Å². The summed E-state index contributed by atoms with van der Waals surface area (Å²) < 4.78 is 0. The Morgan fingerprint density at radius 3 is 2.35 bits per heavy atom. The lowest BCUT2D eigenvalue weighted by molar-refractivity contribution is -0.384. The number of nitro benzene ring substituents is 1. The Labute approximate surface area is 112 Å².